The van der Waals surface area contributed by atoms with Gasteiger partial charge < -0.3 is 14.5 Å². The van der Waals surface area contributed by atoms with Crippen LogP contribution in [0.5, 0.6) is 5.75 Å². The molecule has 0 radical (unpaired) electrons. The highest BCUT2D eigenvalue weighted by molar-refractivity contribution is 5.96. The van der Waals surface area contributed by atoms with Gasteiger partial charge >= 0.3 is 0 Å². The van der Waals surface area contributed by atoms with Crippen molar-refractivity contribution in [2.45, 2.75) is 19.3 Å². The van der Waals surface area contributed by atoms with Crippen LogP contribution in [0.4, 0.5) is 5.69 Å². The van der Waals surface area contributed by atoms with Crippen LogP contribution in [0.2, 0.25) is 0 Å². The topological polar surface area (TPSA) is 49.9 Å². The third-order valence-electron chi connectivity index (χ3n) is 5.69. The van der Waals surface area contributed by atoms with Crippen molar-refractivity contribution in [2.75, 3.05) is 31.6 Å². The van der Waals surface area contributed by atoms with Crippen LogP contribution in [-0.2, 0) is 16.0 Å². The van der Waals surface area contributed by atoms with E-state index in [1.807, 2.05) is 64.4 Å². The number of hydrogen-bond donors (Lipinski definition) is 0. The van der Waals surface area contributed by atoms with Crippen molar-refractivity contribution in [3.05, 3.63) is 60.2 Å². The maximum Gasteiger partial charge on any atom is 0.227 e. The van der Waals surface area contributed by atoms with Crippen molar-refractivity contribution in [1.82, 2.24) is 4.90 Å². The minimum Gasteiger partial charge on any atom is -0.497 e. The molecule has 2 saturated heterocycles. The minimum atomic E-state index is -0.122. The molecule has 0 unspecified atom stereocenters. The van der Waals surface area contributed by atoms with Gasteiger partial charge in [-0.3, -0.25) is 9.59 Å². The first kappa shape index (κ1) is 17.6. The Morgan fingerprint density at radius 2 is 1.81 bits per heavy atom. The lowest BCUT2D eigenvalue weighted by Gasteiger charge is -2.24. The van der Waals surface area contributed by atoms with Crippen LogP contribution in [0.3, 0.4) is 0 Å². The smallest absolute Gasteiger partial charge is 0.227 e. The first-order valence-electron chi connectivity index (χ1n) is 9.35. The molecule has 2 heterocycles. The third-order valence-corrected chi connectivity index (χ3v) is 5.69. The van der Waals surface area contributed by atoms with Gasteiger partial charge in [0.2, 0.25) is 11.8 Å². The number of benzene rings is 2. The number of ether oxygens (including phenoxy) is 1. The molecule has 2 amide bonds. The maximum atomic E-state index is 12.7. The molecule has 1 spiro atoms. The van der Waals surface area contributed by atoms with Crippen LogP contribution < -0.4 is 9.64 Å². The zero-order valence-electron chi connectivity index (χ0n) is 15.6. The van der Waals surface area contributed by atoms with Gasteiger partial charge in [-0.25, -0.2) is 0 Å². The van der Waals surface area contributed by atoms with E-state index in [9.17, 15) is 9.59 Å². The quantitative estimate of drug-likeness (QED) is 0.838. The van der Waals surface area contributed by atoms with Crippen LogP contribution in [0.25, 0.3) is 0 Å². The zero-order valence-corrected chi connectivity index (χ0v) is 15.6. The van der Waals surface area contributed by atoms with Gasteiger partial charge in [-0.05, 0) is 36.2 Å². The van der Waals surface area contributed by atoms with E-state index >= 15 is 0 Å². The summed E-state index contributed by atoms with van der Waals surface area (Å²) in [6.07, 6.45) is 1.81. The Kier molecular flexibility index (Phi) is 4.60. The number of amides is 2. The van der Waals surface area contributed by atoms with Crippen LogP contribution in [0.1, 0.15) is 18.4 Å². The summed E-state index contributed by atoms with van der Waals surface area (Å²) in [6.45, 7) is 2.07. The molecule has 0 aromatic heterocycles. The molecule has 5 nitrogen and oxygen atoms in total. The van der Waals surface area contributed by atoms with E-state index in [0.29, 0.717) is 25.9 Å². The maximum absolute atomic E-state index is 12.7. The predicted molar refractivity (Wildman–Crippen MR) is 104 cm³/mol. The second-order valence-corrected chi connectivity index (χ2v) is 7.58. The van der Waals surface area contributed by atoms with Gasteiger partial charge in [0.05, 0.1) is 13.5 Å². The van der Waals surface area contributed by atoms with Crippen LogP contribution in [0, 0.1) is 5.41 Å². The minimum absolute atomic E-state index is 0.122. The predicted octanol–water partition coefficient (Wildman–Crippen LogP) is 2.89. The van der Waals surface area contributed by atoms with E-state index in [4.69, 9.17) is 4.74 Å². The molecule has 2 aliphatic rings. The average Bonchev–Trinajstić information content (AvgIpc) is 3.25. The number of hydrogen-bond acceptors (Lipinski definition) is 3. The molecular formula is C22H24N2O3. The fourth-order valence-corrected chi connectivity index (χ4v) is 4.20. The third kappa shape index (κ3) is 3.54. The summed E-state index contributed by atoms with van der Waals surface area (Å²) in [7, 11) is 1.63. The summed E-state index contributed by atoms with van der Waals surface area (Å²) in [6, 6.07) is 17.4. The molecule has 2 fully saturated rings. The highest BCUT2D eigenvalue weighted by atomic mass is 16.5. The van der Waals surface area contributed by atoms with Crippen LogP contribution in [-0.4, -0.2) is 43.5 Å². The van der Waals surface area contributed by atoms with Crippen molar-refractivity contribution < 1.29 is 14.3 Å². The van der Waals surface area contributed by atoms with Gasteiger partial charge in [0, 0.05) is 37.2 Å². The molecule has 2 aliphatic heterocycles. The Labute approximate surface area is 159 Å². The number of likely N-dealkylation sites (tertiary alicyclic amines) is 1. The van der Waals surface area contributed by atoms with Crippen molar-refractivity contribution in [3.63, 3.8) is 0 Å². The molecule has 27 heavy (non-hydrogen) atoms. The Morgan fingerprint density at radius 3 is 2.52 bits per heavy atom. The number of carbonyl (C=O) groups excluding carboxylic acids is 2. The monoisotopic (exact) mass is 364 g/mol. The van der Waals surface area contributed by atoms with E-state index in [2.05, 4.69) is 0 Å². The van der Waals surface area contributed by atoms with Gasteiger partial charge in [-0.1, -0.05) is 30.3 Å². The molecule has 0 aliphatic carbocycles. The van der Waals surface area contributed by atoms with Crippen LogP contribution >= 0.6 is 0 Å². The van der Waals surface area contributed by atoms with E-state index in [0.717, 1.165) is 30.0 Å². The van der Waals surface area contributed by atoms with Gasteiger partial charge in [0.15, 0.2) is 0 Å². The molecular weight excluding hydrogens is 340 g/mol. The van der Waals surface area contributed by atoms with Crippen molar-refractivity contribution in [2.24, 2.45) is 5.41 Å². The number of carbonyl (C=O) groups is 2. The number of nitrogens with zero attached hydrogens (tertiary/aromatic N) is 2. The van der Waals surface area contributed by atoms with Crippen LogP contribution in [0.15, 0.2) is 54.6 Å². The largest absolute Gasteiger partial charge is 0.497 e. The average molecular weight is 364 g/mol. The number of anilines is 1. The standard InChI is InChI=1S/C22H24N2O3/c1-27-19-9-7-18(8-10-19)24-16-22(14-21(24)26)11-12-23(15-22)20(25)13-17-5-3-2-4-6-17/h2-10H,11-16H2,1H3/t22-/m1/s1. The van der Waals surface area contributed by atoms with Gasteiger partial charge in [-0.15, -0.1) is 0 Å². The summed E-state index contributed by atoms with van der Waals surface area (Å²) >= 11 is 0. The Bertz CT molecular complexity index is 834. The summed E-state index contributed by atoms with van der Waals surface area (Å²) in [5.74, 6) is 1.06. The molecule has 4 rings (SSSR count). The van der Waals surface area contributed by atoms with E-state index < -0.39 is 0 Å². The SMILES string of the molecule is COc1ccc(N2C[C@]3(CCN(C(=O)Cc4ccccc4)C3)CC2=O)cc1. The van der Waals surface area contributed by atoms with E-state index in [1.54, 1.807) is 7.11 Å². The Hall–Kier alpha value is -2.82. The first-order valence-corrected chi connectivity index (χ1v) is 9.35. The molecule has 0 saturated carbocycles. The highest BCUT2D eigenvalue weighted by Gasteiger charge is 2.48. The molecule has 0 N–H and O–H groups in total. The lowest BCUT2D eigenvalue weighted by atomic mass is 9.86. The number of methoxy groups -OCH3 is 1. The summed E-state index contributed by atoms with van der Waals surface area (Å²) in [5.41, 5.74) is 1.81. The molecule has 140 valence electrons. The Morgan fingerprint density at radius 1 is 1.07 bits per heavy atom. The lowest BCUT2D eigenvalue weighted by molar-refractivity contribution is -0.130. The second kappa shape index (κ2) is 7.06. The van der Waals surface area contributed by atoms with E-state index in [1.165, 1.54) is 0 Å². The van der Waals surface area contributed by atoms with Gasteiger partial charge in [0.25, 0.3) is 0 Å². The van der Waals surface area contributed by atoms with E-state index in [-0.39, 0.29) is 17.2 Å². The first-order chi connectivity index (χ1) is 13.1. The molecule has 2 aromatic rings. The number of rotatable bonds is 4. The van der Waals surface area contributed by atoms with Crippen molar-refractivity contribution in [3.8, 4) is 5.75 Å². The fourth-order valence-electron chi connectivity index (χ4n) is 4.20. The Balaban J connectivity index is 1.42. The van der Waals surface area contributed by atoms with Crippen molar-refractivity contribution >= 4 is 17.5 Å². The molecule has 2 aromatic carbocycles. The van der Waals surface area contributed by atoms with Gasteiger partial charge in [-0.2, -0.15) is 0 Å². The lowest BCUT2D eigenvalue weighted by Crippen LogP contribution is -2.34. The normalized spacial score (nSPS) is 21.9. The molecule has 0 bridgehead atoms. The highest BCUT2D eigenvalue weighted by Crippen LogP contribution is 2.42. The zero-order chi connectivity index (χ0) is 18.9. The van der Waals surface area contributed by atoms with Crippen molar-refractivity contribution in [1.29, 1.82) is 0 Å². The molecule has 5 heteroatoms. The summed E-state index contributed by atoms with van der Waals surface area (Å²) in [5, 5.41) is 0. The fraction of sp³-hybridized carbons (Fsp3) is 0.364. The summed E-state index contributed by atoms with van der Waals surface area (Å²) in [4.78, 5) is 29.1. The summed E-state index contributed by atoms with van der Waals surface area (Å²) < 4.78 is 5.19. The second-order valence-electron chi connectivity index (χ2n) is 7.58. The van der Waals surface area contributed by atoms with Gasteiger partial charge in [0.1, 0.15) is 5.75 Å². The molecule has 1 atom stereocenters.